The highest BCUT2D eigenvalue weighted by Crippen LogP contribution is 2.06. The van der Waals surface area contributed by atoms with Crippen LogP contribution < -0.4 is 0 Å². The quantitative estimate of drug-likeness (QED) is 0.521. The van der Waals surface area contributed by atoms with Crippen molar-refractivity contribution in [1.29, 1.82) is 0 Å². The van der Waals surface area contributed by atoms with E-state index in [4.69, 9.17) is 0 Å². The van der Waals surface area contributed by atoms with Gasteiger partial charge in [0.1, 0.15) is 0 Å². The predicted octanol–water partition coefficient (Wildman–Crippen LogP) is 3.36. The summed E-state index contributed by atoms with van der Waals surface area (Å²) in [5.74, 6) is 0.538. The van der Waals surface area contributed by atoms with E-state index >= 15 is 0 Å². The van der Waals surface area contributed by atoms with Crippen molar-refractivity contribution in [2.45, 2.75) is 33.6 Å². The monoisotopic (exact) mass is 137 g/mol. The molecule has 0 N–H and O–H groups in total. The van der Waals surface area contributed by atoms with Crippen LogP contribution in [-0.2, 0) is 0 Å². The molecule has 0 amide bonds. The highest BCUT2D eigenvalue weighted by atomic mass is 14.0. The van der Waals surface area contributed by atoms with Crippen LogP contribution in [0.5, 0.6) is 0 Å². The van der Waals surface area contributed by atoms with Gasteiger partial charge in [0.15, 0.2) is 0 Å². The summed E-state index contributed by atoms with van der Waals surface area (Å²) in [7, 11) is 0. The van der Waals surface area contributed by atoms with Crippen LogP contribution in [0.15, 0.2) is 18.2 Å². The minimum atomic E-state index is 0.538. The first kappa shape index (κ1) is 9.48. The van der Waals surface area contributed by atoms with Gasteiger partial charge in [0.05, 0.1) is 0 Å². The van der Waals surface area contributed by atoms with Crippen LogP contribution in [0, 0.1) is 12.0 Å². The van der Waals surface area contributed by atoms with E-state index < -0.39 is 0 Å². The van der Waals surface area contributed by atoms with E-state index in [0.717, 1.165) is 6.42 Å². The van der Waals surface area contributed by atoms with Crippen LogP contribution in [0.2, 0.25) is 0 Å². The molecule has 1 radical (unpaired) electrons. The van der Waals surface area contributed by atoms with Crippen molar-refractivity contribution in [2.24, 2.45) is 5.92 Å². The zero-order valence-corrected chi connectivity index (χ0v) is 7.28. The lowest BCUT2D eigenvalue weighted by Gasteiger charge is -2.00. The first-order chi connectivity index (χ1) is 4.66. The van der Waals surface area contributed by atoms with Crippen molar-refractivity contribution in [3.8, 4) is 0 Å². The van der Waals surface area contributed by atoms with Crippen LogP contribution in [0.25, 0.3) is 0 Å². The van der Waals surface area contributed by atoms with E-state index in [9.17, 15) is 0 Å². The third kappa shape index (κ3) is 5.61. The molecule has 0 fully saturated rings. The fourth-order valence-corrected chi connectivity index (χ4v) is 0.724. The van der Waals surface area contributed by atoms with E-state index in [0.29, 0.717) is 5.92 Å². The molecular weight excluding hydrogens is 120 g/mol. The van der Waals surface area contributed by atoms with Gasteiger partial charge in [-0.3, -0.25) is 0 Å². The Kier molecular flexibility index (Phi) is 5.00. The molecule has 0 aliphatic carbocycles. The van der Waals surface area contributed by atoms with Gasteiger partial charge >= 0.3 is 0 Å². The van der Waals surface area contributed by atoms with Crippen LogP contribution >= 0.6 is 0 Å². The fourth-order valence-electron chi connectivity index (χ4n) is 0.724. The fraction of sp³-hybridized carbons (Fsp3) is 0.600. The van der Waals surface area contributed by atoms with E-state index in [2.05, 4.69) is 39.5 Å². The third-order valence-electron chi connectivity index (χ3n) is 1.50. The summed E-state index contributed by atoms with van der Waals surface area (Å²) in [6.07, 6.45) is 7.55. The molecule has 0 aromatic carbocycles. The Balaban J connectivity index is 3.36. The molecule has 0 aromatic rings. The summed E-state index contributed by atoms with van der Waals surface area (Å²) in [6, 6.07) is 0. The molecule has 0 aromatic heterocycles. The minimum absolute atomic E-state index is 0.538. The summed E-state index contributed by atoms with van der Waals surface area (Å²) in [4.78, 5) is 0. The molecule has 0 aliphatic rings. The minimum Gasteiger partial charge on any atom is -0.0953 e. The van der Waals surface area contributed by atoms with Gasteiger partial charge in [0.25, 0.3) is 0 Å². The Morgan fingerprint density at radius 3 is 2.60 bits per heavy atom. The number of rotatable bonds is 4. The van der Waals surface area contributed by atoms with Gasteiger partial charge in [-0.1, -0.05) is 25.2 Å². The maximum atomic E-state index is 3.61. The smallest absolute Gasteiger partial charge is 0.0191 e. The standard InChI is InChI=1S/C10H17/c1-5-10(4)8-6-7-9(2)3/h7,10H,1,6,8H2,2-4H3. The number of hydrogen-bond acceptors (Lipinski definition) is 0. The molecule has 0 heterocycles. The molecule has 0 spiro atoms. The highest BCUT2D eigenvalue weighted by Gasteiger charge is 1.92. The second-order valence-corrected chi connectivity index (χ2v) is 2.96. The van der Waals surface area contributed by atoms with Crippen LogP contribution in [-0.4, -0.2) is 0 Å². The molecule has 57 valence electrons. The van der Waals surface area contributed by atoms with E-state index in [1.807, 2.05) is 0 Å². The maximum Gasteiger partial charge on any atom is -0.0191 e. The lowest BCUT2D eigenvalue weighted by atomic mass is 10.1. The van der Waals surface area contributed by atoms with Crippen LogP contribution in [0.1, 0.15) is 33.6 Å². The van der Waals surface area contributed by atoms with Gasteiger partial charge < -0.3 is 0 Å². The summed E-state index contributed by atoms with van der Waals surface area (Å²) in [5, 5.41) is 0. The Morgan fingerprint density at radius 1 is 1.60 bits per heavy atom. The SMILES string of the molecule is C=[C]C(C)CCC=C(C)C. The highest BCUT2D eigenvalue weighted by molar-refractivity contribution is 4.93. The van der Waals surface area contributed by atoms with Crippen LogP contribution in [0.3, 0.4) is 0 Å². The van der Waals surface area contributed by atoms with Crippen molar-refractivity contribution >= 4 is 0 Å². The Labute approximate surface area is 64.6 Å². The predicted molar refractivity (Wildman–Crippen MR) is 46.7 cm³/mol. The summed E-state index contributed by atoms with van der Waals surface area (Å²) in [6.45, 7) is 10.0. The maximum absolute atomic E-state index is 3.61. The van der Waals surface area contributed by atoms with Gasteiger partial charge in [-0.05, 0) is 38.7 Å². The molecule has 0 aliphatic heterocycles. The first-order valence-electron chi connectivity index (χ1n) is 3.82. The van der Waals surface area contributed by atoms with Gasteiger partial charge in [-0.15, -0.1) is 0 Å². The van der Waals surface area contributed by atoms with Crippen LogP contribution in [0.4, 0.5) is 0 Å². The largest absolute Gasteiger partial charge is 0.0953 e. The molecule has 0 rings (SSSR count). The van der Waals surface area contributed by atoms with Gasteiger partial charge in [0, 0.05) is 0 Å². The zero-order chi connectivity index (χ0) is 7.98. The average molecular weight is 137 g/mol. The summed E-state index contributed by atoms with van der Waals surface area (Å²) >= 11 is 0. The molecule has 1 atom stereocenters. The molecule has 0 saturated carbocycles. The summed E-state index contributed by atoms with van der Waals surface area (Å²) in [5.41, 5.74) is 1.40. The number of allylic oxidation sites excluding steroid dienone is 3. The molecule has 0 bridgehead atoms. The molecule has 1 unspecified atom stereocenters. The topological polar surface area (TPSA) is 0 Å². The number of hydrogen-bond donors (Lipinski definition) is 0. The van der Waals surface area contributed by atoms with Gasteiger partial charge in [-0.2, -0.15) is 0 Å². The van der Waals surface area contributed by atoms with Crippen molar-refractivity contribution in [1.82, 2.24) is 0 Å². The van der Waals surface area contributed by atoms with E-state index in [1.54, 1.807) is 0 Å². The van der Waals surface area contributed by atoms with Gasteiger partial charge in [0.2, 0.25) is 0 Å². The van der Waals surface area contributed by atoms with Crippen molar-refractivity contribution in [3.05, 3.63) is 24.3 Å². The van der Waals surface area contributed by atoms with Crippen molar-refractivity contribution < 1.29 is 0 Å². The Hall–Kier alpha value is -0.520. The van der Waals surface area contributed by atoms with E-state index in [1.165, 1.54) is 12.0 Å². The second-order valence-electron chi connectivity index (χ2n) is 2.96. The lowest BCUT2D eigenvalue weighted by Crippen LogP contribution is -1.87. The summed E-state index contributed by atoms with van der Waals surface area (Å²) < 4.78 is 0. The van der Waals surface area contributed by atoms with Crippen molar-refractivity contribution in [2.75, 3.05) is 0 Å². The lowest BCUT2D eigenvalue weighted by molar-refractivity contribution is 0.642. The first-order valence-corrected chi connectivity index (χ1v) is 3.82. The van der Waals surface area contributed by atoms with Gasteiger partial charge in [-0.25, -0.2) is 0 Å². The second kappa shape index (κ2) is 5.28. The Morgan fingerprint density at radius 2 is 2.20 bits per heavy atom. The zero-order valence-electron chi connectivity index (χ0n) is 7.28. The normalized spacial score (nSPS) is 12.3. The average Bonchev–Trinajstić information content (AvgIpc) is 1.87. The Bertz CT molecular complexity index is 116. The molecule has 0 nitrogen and oxygen atoms in total. The molecule has 0 heteroatoms. The molecule has 10 heavy (non-hydrogen) atoms. The molecular formula is C10H17. The van der Waals surface area contributed by atoms with Crippen molar-refractivity contribution in [3.63, 3.8) is 0 Å². The van der Waals surface area contributed by atoms with E-state index in [-0.39, 0.29) is 0 Å². The molecule has 0 saturated heterocycles. The third-order valence-corrected chi connectivity index (χ3v) is 1.50.